The van der Waals surface area contributed by atoms with Crippen LogP contribution in [-0.4, -0.2) is 64.8 Å². The fourth-order valence-electron chi connectivity index (χ4n) is 4.65. The highest BCUT2D eigenvalue weighted by Gasteiger charge is 2.35. The molecule has 36 heavy (non-hydrogen) atoms. The first-order valence-electron chi connectivity index (χ1n) is 12.0. The average molecular weight is 519 g/mol. The highest BCUT2D eigenvalue weighted by Crippen LogP contribution is 2.41. The van der Waals surface area contributed by atoms with Crippen LogP contribution in [0.15, 0.2) is 41.3 Å². The summed E-state index contributed by atoms with van der Waals surface area (Å²) in [5.41, 5.74) is 1.11. The summed E-state index contributed by atoms with van der Waals surface area (Å²) in [4.78, 5) is 13.2. The van der Waals surface area contributed by atoms with E-state index in [0.717, 1.165) is 5.56 Å². The zero-order valence-electron chi connectivity index (χ0n) is 21.2. The molecule has 2 aliphatic rings. The Morgan fingerprint density at radius 1 is 1.11 bits per heavy atom. The van der Waals surface area contributed by atoms with Crippen molar-refractivity contribution in [1.29, 1.82) is 0 Å². The van der Waals surface area contributed by atoms with Gasteiger partial charge in [-0.1, -0.05) is 0 Å². The molecule has 1 amide bonds. The van der Waals surface area contributed by atoms with E-state index in [0.29, 0.717) is 62.0 Å². The predicted molar refractivity (Wildman–Crippen MR) is 134 cm³/mol. The average Bonchev–Trinajstić information content (AvgIpc) is 2.86. The first-order chi connectivity index (χ1) is 17.1. The highest BCUT2D eigenvalue weighted by atomic mass is 32.2. The van der Waals surface area contributed by atoms with Crippen molar-refractivity contribution >= 4 is 15.9 Å². The number of ether oxygens (including phenoxy) is 4. The number of hydrogen-bond acceptors (Lipinski definition) is 7. The van der Waals surface area contributed by atoms with Crippen LogP contribution in [0.4, 0.5) is 0 Å². The van der Waals surface area contributed by atoms with Gasteiger partial charge in [0.1, 0.15) is 22.8 Å². The third-order valence-corrected chi connectivity index (χ3v) is 8.39. The fourth-order valence-corrected chi connectivity index (χ4v) is 6.11. The number of aryl methyl sites for hydroxylation is 1. The second-order valence-electron chi connectivity index (χ2n) is 9.58. The molecule has 10 heteroatoms. The number of carbonyl (C=O) groups excluding carboxylic acids is 1. The molecule has 1 atom stereocenters. The van der Waals surface area contributed by atoms with E-state index in [1.54, 1.807) is 25.3 Å². The second kappa shape index (κ2) is 10.7. The van der Waals surface area contributed by atoms with E-state index in [-0.39, 0.29) is 23.3 Å². The molecule has 2 aromatic carbocycles. The maximum absolute atomic E-state index is 13.1. The topological polar surface area (TPSA) is 103 Å². The van der Waals surface area contributed by atoms with Gasteiger partial charge in [-0.25, -0.2) is 8.42 Å². The molecule has 196 valence electrons. The van der Waals surface area contributed by atoms with Crippen molar-refractivity contribution in [3.8, 4) is 17.2 Å². The zero-order valence-corrected chi connectivity index (χ0v) is 22.0. The zero-order chi connectivity index (χ0) is 25.9. The molecule has 0 bridgehead atoms. The number of rotatable bonds is 8. The lowest BCUT2D eigenvalue weighted by molar-refractivity contribution is -0.122. The first-order valence-corrected chi connectivity index (χ1v) is 13.5. The van der Waals surface area contributed by atoms with Crippen LogP contribution < -0.4 is 19.5 Å². The van der Waals surface area contributed by atoms with Crippen molar-refractivity contribution in [2.24, 2.45) is 0 Å². The van der Waals surface area contributed by atoms with Gasteiger partial charge >= 0.3 is 0 Å². The van der Waals surface area contributed by atoms with E-state index in [4.69, 9.17) is 18.9 Å². The smallest absolute Gasteiger partial charge is 0.243 e. The van der Waals surface area contributed by atoms with E-state index >= 15 is 0 Å². The molecule has 4 rings (SSSR count). The van der Waals surface area contributed by atoms with Gasteiger partial charge in [-0.3, -0.25) is 4.79 Å². The molecule has 0 aromatic heterocycles. The Bertz CT molecular complexity index is 1210. The minimum atomic E-state index is -3.65. The minimum absolute atomic E-state index is 0.136. The number of carbonyl (C=O) groups is 1. The Morgan fingerprint density at radius 3 is 2.56 bits per heavy atom. The van der Waals surface area contributed by atoms with Gasteiger partial charge in [0, 0.05) is 37.6 Å². The van der Waals surface area contributed by atoms with E-state index in [1.807, 2.05) is 32.0 Å². The summed E-state index contributed by atoms with van der Waals surface area (Å²) in [5.74, 6) is 1.80. The number of fused-ring (bicyclic) bond motifs is 1. The van der Waals surface area contributed by atoms with Crippen LogP contribution in [0, 0.1) is 0 Å². The van der Waals surface area contributed by atoms with Crippen LogP contribution in [0.25, 0.3) is 0 Å². The van der Waals surface area contributed by atoms with Crippen molar-refractivity contribution < 1.29 is 32.2 Å². The van der Waals surface area contributed by atoms with Gasteiger partial charge in [-0.05, 0) is 56.2 Å². The summed E-state index contributed by atoms with van der Waals surface area (Å²) >= 11 is 0. The molecule has 1 N–H and O–H groups in total. The number of methoxy groups -OCH3 is 2. The molecule has 1 saturated heterocycles. The maximum atomic E-state index is 13.1. The van der Waals surface area contributed by atoms with E-state index in [2.05, 4.69) is 5.32 Å². The minimum Gasteiger partial charge on any atom is -0.497 e. The van der Waals surface area contributed by atoms with Crippen LogP contribution in [0.5, 0.6) is 17.2 Å². The number of hydrogen-bond donors (Lipinski definition) is 1. The third-order valence-electron chi connectivity index (χ3n) is 6.49. The number of benzene rings is 2. The Balaban J connectivity index is 1.48. The third kappa shape index (κ3) is 5.77. The normalized spacial score (nSPS) is 19.6. The molecule has 0 aliphatic carbocycles. The molecule has 1 unspecified atom stereocenters. The first kappa shape index (κ1) is 26.2. The van der Waals surface area contributed by atoms with Gasteiger partial charge in [0.2, 0.25) is 15.9 Å². The van der Waals surface area contributed by atoms with Gasteiger partial charge in [-0.2, -0.15) is 4.31 Å². The second-order valence-corrected chi connectivity index (χ2v) is 11.5. The van der Waals surface area contributed by atoms with E-state index < -0.39 is 15.6 Å². The van der Waals surface area contributed by atoms with E-state index in [1.165, 1.54) is 11.4 Å². The van der Waals surface area contributed by atoms with Crippen LogP contribution >= 0.6 is 0 Å². The summed E-state index contributed by atoms with van der Waals surface area (Å²) in [6, 6.07) is 10.2. The van der Waals surface area contributed by atoms with Crippen molar-refractivity contribution in [3.63, 3.8) is 0 Å². The molecule has 0 spiro atoms. The lowest BCUT2D eigenvalue weighted by Crippen LogP contribution is -2.41. The molecule has 9 nitrogen and oxygen atoms in total. The lowest BCUT2D eigenvalue weighted by atomic mass is 9.89. The summed E-state index contributed by atoms with van der Waals surface area (Å²) < 4.78 is 49.8. The summed E-state index contributed by atoms with van der Waals surface area (Å²) in [7, 11) is -0.516. The van der Waals surface area contributed by atoms with Gasteiger partial charge in [0.05, 0.1) is 38.4 Å². The van der Waals surface area contributed by atoms with Gasteiger partial charge in [0.25, 0.3) is 0 Å². The summed E-state index contributed by atoms with van der Waals surface area (Å²) in [6.45, 7) is 5.37. The fraction of sp³-hybridized carbons (Fsp3) is 0.500. The maximum Gasteiger partial charge on any atom is 0.243 e. The molecular weight excluding hydrogens is 484 g/mol. The predicted octanol–water partition coefficient (Wildman–Crippen LogP) is 3.08. The Kier molecular flexibility index (Phi) is 7.77. The number of amides is 1. The molecular formula is C26H34N2O7S. The summed E-state index contributed by atoms with van der Waals surface area (Å²) in [6.07, 6.45) is 1.14. The van der Waals surface area contributed by atoms with Crippen molar-refractivity contribution in [2.45, 2.75) is 49.6 Å². The molecule has 2 aliphatic heterocycles. The van der Waals surface area contributed by atoms with Gasteiger partial charge in [0.15, 0.2) is 0 Å². The Labute approximate surface area is 212 Å². The number of nitrogens with one attached hydrogen (secondary N) is 1. The van der Waals surface area contributed by atoms with Crippen LogP contribution in [0.3, 0.4) is 0 Å². The molecule has 0 saturated carbocycles. The monoisotopic (exact) mass is 518 g/mol. The number of sulfonamides is 1. The standard InChI is InChI=1S/C26H34N2O7S/c1-26(2)17-22(21-8-6-19(32-3)16-24(21)35-26)27-25(29)10-5-18-15-20(7-9-23(18)33-4)36(30,31)28-11-13-34-14-12-28/h6-9,15-16,22H,5,10-14,17H2,1-4H3,(H,27,29). The van der Waals surface area contributed by atoms with Crippen LogP contribution in [0.1, 0.15) is 43.9 Å². The molecule has 2 aromatic rings. The lowest BCUT2D eigenvalue weighted by Gasteiger charge is -2.38. The van der Waals surface area contributed by atoms with Crippen molar-refractivity contribution in [3.05, 3.63) is 47.5 Å². The Hall–Kier alpha value is -2.82. The highest BCUT2D eigenvalue weighted by molar-refractivity contribution is 7.89. The SMILES string of the molecule is COc1ccc2c(c1)OC(C)(C)CC2NC(=O)CCc1cc(S(=O)(=O)N2CCOCC2)ccc1OC. The van der Waals surface area contributed by atoms with Gasteiger partial charge < -0.3 is 24.3 Å². The van der Waals surface area contributed by atoms with Crippen molar-refractivity contribution in [1.82, 2.24) is 9.62 Å². The van der Waals surface area contributed by atoms with Crippen LogP contribution in [0.2, 0.25) is 0 Å². The Morgan fingerprint density at radius 2 is 1.86 bits per heavy atom. The quantitative estimate of drug-likeness (QED) is 0.573. The largest absolute Gasteiger partial charge is 0.497 e. The van der Waals surface area contributed by atoms with Gasteiger partial charge in [-0.15, -0.1) is 0 Å². The molecule has 0 radical (unpaired) electrons. The number of nitrogens with zero attached hydrogens (tertiary/aromatic N) is 1. The molecule has 2 heterocycles. The number of morpholine rings is 1. The van der Waals surface area contributed by atoms with Crippen molar-refractivity contribution in [2.75, 3.05) is 40.5 Å². The molecule has 1 fully saturated rings. The van der Waals surface area contributed by atoms with E-state index in [9.17, 15) is 13.2 Å². The van der Waals surface area contributed by atoms with Crippen LogP contribution in [-0.2, 0) is 26.0 Å². The summed E-state index contributed by atoms with van der Waals surface area (Å²) in [5, 5.41) is 3.13.